The maximum Gasteiger partial charge on any atom is 0.223 e. The van der Waals surface area contributed by atoms with Gasteiger partial charge in [0.15, 0.2) is 0 Å². The first kappa shape index (κ1) is 25.4. The van der Waals surface area contributed by atoms with Crippen LogP contribution in [-0.2, 0) is 9.53 Å². The van der Waals surface area contributed by atoms with Gasteiger partial charge >= 0.3 is 0 Å². The lowest BCUT2D eigenvalue weighted by Gasteiger charge is -2.24. The third kappa shape index (κ3) is 11.9. The summed E-state index contributed by atoms with van der Waals surface area (Å²) in [7, 11) is 1.66. The highest BCUT2D eigenvalue weighted by molar-refractivity contribution is 5.77. The monoisotopic (exact) mass is 401 g/mol. The van der Waals surface area contributed by atoms with Gasteiger partial charge in [-0.1, -0.05) is 101 Å². The van der Waals surface area contributed by atoms with Crippen molar-refractivity contribution in [3.63, 3.8) is 0 Å². The average molecular weight is 402 g/mol. The van der Waals surface area contributed by atoms with E-state index in [1.165, 1.54) is 64.2 Å². The zero-order valence-corrected chi connectivity index (χ0v) is 18.8. The molecule has 2 atom stereocenters. The van der Waals surface area contributed by atoms with Crippen LogP contribution >= 0.6 is 0 Å². The topological polar surface area (TPSA) is 52.3 Å². The Bertz CT molecular complexity index is 541. The minimum Gasteiger partial charge on any atom is -0.376 e. The van der Waals surface area contributed by atoms with Crippen LogP contribution in [-0.4, -0.2) is 13.0 Å². The molecule has 0 heterocycles. The summed E-state index contributed by atoms with van der Waals surface area (Å²) in [5, 5.41) is 0. The lowest BCUT2D eigenvalue weighted by Crippen LogP contribution is -2.29. The molecule has 1 amide bonds. The van der Waals surface area contributed by atoms with E-state index < -0.39 is 0 Å². The number of ether oxygens (including phenoxy) is 1. The highest BCUT2D eigenvalue weighted by Crippen LogP contribution is 2.29. The fourth-order valence-electron chi connectivity index (χ4n) is 3.88. The van der Waals surface area contributed by atoms with Gasteiger partial charge in [-0.3, -0.25) is 4.79 Å². The van der Waals surface area contributed by atoms with Gasteiger partial charge in [0.05, 0.1) is 12.0 Å². The van der Waals surface area contributed by atoms with Gasteiger partial charge in [0, 0.05) is 7.11 Å². The molecule has 0 aliphatic heterocycles. The zero-order chi connectivity index (χ0) is 21.2. The Kier molecular flexibility index (Phi) is 15.1. The van der Waals surface area contributed by atoms with E-state index >= 15 is 0 Å². The molecule has 1 aromatic carbocycles. The number of methoxy groups -OCH3 is 1. The fourth-order valence-corrected chi connectivity index (χ4v) is 3.88. The van der Waals surface area contributed by atoms with Gasteiger partial charge < -0.3 is 10.5 Å². The molecule has 0 spiro atoms. The Labute approximate surface area is 179 Å². The van der Waals surface area contributed by atoms with Crippen molar-refractivity contribution in [1.29, 1.82) is 0 Å². The highest BCUT2D eigenvalue weighted by Gasteiger charge is 2.27. The maximum absolute atomic E-state index is 12.0. The van der Waals surface area contributed by atoms with Crippen LogP contribution < -0.4 is 5.73 Å². The van der Waals surface area contributed by atoms with Crippen LogP contribution in [0.15, 0.2) is 42.5 Å². The van der Waals surface area contributed by atoms with Gasteiger partial charge in [-0.2, -0.15) is 0 Å². The summed E-state index contributed by atoms with van der Waals surface area (Å²) in [4.78, 5) is 12.0. The van der Waals surface area contributed by atoms with E-state index in [9.17, 15) is 4.79 Å². The van der Waals surface area contributed by atoms with E-state index in [2.05, 4.69) is 19.1 Å². The molecule has 29 heavy (non-hydrogen) atoms. The first-order valence-corrected chi connectivity index (χ1v) is 11.7. The highest BCUT2D eigenvalue weighted by atomic mass is 16.5. The molecule has 1 rings (SSSR count). The second kappa shape index (κ2) is 17.3. The molecule has 2 N–H and O–H groups in total. The van der Waals surface area contributed by atoms with Gasteiger partial charge in [0.1, 0.15) is 0 Å². The van der Waals surface area contributed by atoms with Crippen LogP contribution in [0.1, 0.15) is 102 Å². The molecule has 0 saturated carbocycles. The van der Waals surface area contributed by atoms with E-state index in [4.69, 9.17) is 10.5 Å². The molecule has 2 unspecified atom stereocenters. The Balaban J connectivity index is 2.14. The summed E-state index contributed by atoms with van der Waals surface area (Å²) in [6.45, 7) is 2.26. The number of carbonyl (C=O) groups is 1. The second-order valence-electron chi connectivity index (χ2n) is 8.10. The SMILES string of the molecule is CCCCCCCCC=CCCCCCCC(C(N)=O)C(OC)c1ccccc1. The predicted molar refractivity (Wildman–Crippen MR) is 124 cm³/mol. The number of primary amides is 1. The molecule has 0 saturated heterocycles. The van der Waals surface area contributed by atoms with Gasteiger partial charge in [-0.25, -0.2) is 0 Å². The first-order chi connectivity index (χ1) is 14.2. The summed E-state index contributed by atoms with van der Waals surface area (Å²) >= 11 is 0. The Morgan fingerprint density at radius 1 is 0.897 bits per heavy atom. The molecule has 0 bridgehead atoms. The Morgan fingerprint density at radius 2 is 1.45 bits per heavy atom. The molecule has 164 valence electrons. The van der Waals surface area contributed by atoms with E-state index in [-0.39, 0.29) is 17.9 Å². The molecule has 3 nitrogen and oxygen atoms in total. The van der Waals surface area contributed by atoms with Crippen LogP contribution in [0.25, 0.3) is 0 Å². The van der Waals surface area contributed by atoms with Crippen LogP contribution in [0.5, 0.6) is 0 Å². The number of benzene rings is 1. The van der Waals surface area contributed by atoms with Crippen LogP contribution in [0, 0.1) is 5.92 Å². The van der Waals surface area contributed by atoms with Gasteiger partial charge in [0.25, 0.3) is 0 Å². The Hall–Kier alpha value is -1.61. The lowest BCUT2D eigenvalue weighted by atomic mass is 9.90. The molecule has 0 aromatic heterocycles. The number of unbranched alkanes of at least 4 members (excludes halogenated alkanes) is 10. The molecule has 0 aliphatic rings. The van der Waals surface area contributed by atoms with Crippen molar-refractivity contribution in [2.24, 2.45) is 11.7 Å². The van der Waals surface area contributed by atoms with Crippen LogP contribution in [0.3, 0.4) is 0 Å². The number of carbonyl (C=O) groups excluding carboxylic acids is 1. The van der Waals surface area contributed by atoms with Crippen molar-refractivity contribution in [2.45, 2.75) is 96.5 Å². The van der Waals surface area contributed by atoms with E-state index in [0.717, 1.165) is 24.8 Å². The number of hydrogen-bond acceptors (Lipinski definition) is 2. The third-order valence-electron chi connectivity index (χ3n) is 5.64. The lowest BCUT2D eigenvalue weighted by molar-refractivity contribution is -0.126. The first-order valence-electron chi connectivity index (χ1n) is 11.7. The molecule has 0 radical (unpaired) electrons. The summed E-state index contributed by atoms with van der Waals surface area (Å²) < 4.78 is 5.62. The van der Waals surface area contributed by atoms with Crippen LogP contribution in [0.4, 0.5) is 0 Å². The van der Waals surface area contributed by atoms with Crippen molar-refractivity contribution >= 4 is 5.91 Å². The normalized spacial score (nSPS) is 13.6. The number of nitrogens with two attached hydrogens (primary N) is 1. The fraction of sp³-hybridized carbons (Fsp3) is 0.654. The number of hydrogen-bond donors (Lipinski definition) is 1. The maximum atomic E-state index is 12.0. The van der Waals surface area contributed by atoms with Crippen molar-refractivity contribution in [2.75, 3.05) is 7.11 Å². The summed E-state index contributed by atoms with van der Waals surface area (Å²) in [6, 6.07) is 9.92. The molecule has 1 aromatic rings. The smallest absolute Gasteiger partial charge is 0.223 e. The average Bonchev–Trinajstić information content (AvgIpc) is 2.73. The zero-order valence-electron chi connectivity index (χ0n) is 18.8. The van der Waals surface area contributed by atoms with E-state index in [1.807, 2.05) is 30.3 Å². The number of rotatable bonds is 18. The molecular weight excluding hydrogens is 358 g/mol. The Morgan fingerprint density at radius 3 is 2.00 bits per heavy atom. The molecule has 3 heteroatoms. The van der Waals surface area contributed by atoms with Gasteiger partial charge in [0.2, 0.25) is 5.91 Å². The molecule has 0 fully saturated rings. The predicted octanol–water partition coefficient (Wildman–Crippen LogP) is 7.12. The van der Waals surface area contributed by atoms with Crippen molar-refractivity contribution < 1.29 is 9.53 Å². The molecular formula is C26H43NO2. The standard InChI is InChI=1S/C26H43NO2/c1-3-4-5-6-7-8-9-10-11-12-13-14-15-19-22-24(26(27)28)25(29-2)23-20-17-16-18-21-23/h10-11,16-18,20-21,24-25H,3-9,12-15,19,22H2,1-2H3,(H2,27,28). The van der Waals surface area contributed by atoms with Crippen molar-refractivity contribution in [3.05, 3.63) is 48.0 Å². The third-order valence-corrected chi connectivity index (χ3v) is 5.64. The minimum absolute atomic E-state index is 0.251. The van der Waals surface area contributed by atoms with Crippen LogP contribution in [0.2, 0.25) is 0 Å². The number of amides is 1. The van der Waals surface area contributed by atoms with E-state index in [0.29, 0.717) is 0 Å². The minimum atomic E-state index is -0.265. The second-order valence-corrected chi connectivity index (χ2v) is 8.10. The largest absolute Gasteiger partial charge is 0.376 e. The van der Waals surface area contributed by atoms with Gasteiger partial charge in [-0.05, 0) is 37.7 Å². The quantitative estimate of drug-likeness (QED) is 0.210. The van der Waals surface area contributed by atoms with Crippen molar-refractivity contribution in [3.8, 4) is 0 Å². The van der Waals surface area contributed by atoms with E-state index in [1.54, 1.807) is 7.11 Å². The molecule has 0 aliphatic carbocycles. The summed E-state index contributed by atoms with van der Waals surface area (Å²) in [5.41, 5.74) is 6.70. The number of allylic oxidation sites excluding steroid dienone is 2. The summed E-state index contributed by atoms with van der Waals surface area (Å²) in [6.07, 6.45) is 20.4. The summed E-state index contributed by atoms with van der Waals surface area (Å²) in [5.74, 6) is -0.530. The van der Waals surface area contributed by atoms with Crippen molar-refractivity contribution in [1.82, 2.24) is 0 Å². The van der Waals surface area contributed by atoms with Gasteiger partial charge in [-0.15, -0.1) is 0 Å².